The first-order chi connectivity index (χ1) is 22.8. The van der Waals surface area contributed by atoms with Crippen LogP contribution in [0.4, 0.5) is 11.6 Å². The molecule has 0 atom stereocenters. The van der Waals surface area contributed by atoms with Crippen molar-refractivity contribution >= 4 is 71.4 Å². The molecule has 6 aromatic rings. The highest BCUT2D eigenvalue weighted by atomic mass is 27.2. The van der Waals surface area contributed by atoms with E-state index in [1.165, 1.54) is 0 Å². The lowest BCUT2D eigenvalue weighted by Gasteiger charge is -2.19. The van der Waals surface area contributed by atoms with Crippen LogP contribution >= 0.6 is 0 Å². The molecule has 10 nitrogen and oxygen atoms in total. The van der Waals surface area contributed by atoms with Crippen molar-refractivity contribution in [1.82, 2.24) is 7.10 Å². The van der Waals surface area contributed by atoms with Crippen LogP contribution in [0.5, 0.6) is 0 Å². The van der Waals surface area contributed by atoms with Crippen LogP contribution in [0.1, 0.15) is 22.3 Å². The van der Waals surface area contributed by atoms with E-state index in [-0.39, 0.29) is 0 Å². The number of rotatable bonds is 4. The summed E-state index contributed by atoms with van der Waals surface area (Å²) in [7, 11) is 1.68. The Bertz CT molecular complexity index is 2410. The summed E-state index contributed by atoms with van der Waals surface area (Å²) in [4.78, 5) is 31.4. The summed E-state index contributed by atoms with van der Waals surface area (Å²) >= 11 is -2.83. The van der Waals surface area contributed by atoms with E-state index in [0.717, 1.165) is 66.4 Å². The van der Waals surface area contributed by atoms with E-state index in [4.69, 9.17) is 38.5 Å². The molecule has 10 rings (SSSR count). The quantitative estimate of drug-likeness (QED) is 0.214. The standard InChI is InChI=1S/C32H16N8.C3H7O2.Al/c1-2-10-18-17(9-1)25-33-26(18)38-28-21-13-5-6-14-22(21)30(35-28)40-32-24-16-8-7-15-23(24)31(36-32)39-29-20-12-4-3-11-19(20)27(34-29)37-25;1-5-3-2-4;/h1-16H;2-3H2,1H3;/q-2;-1;+3. The second-order valence-corrected chi connectivity index (χ2v) is 13.4. The Balaban J connectivity index is 1.47. The van der Waals surface area contributed by atoms with Gasteiger partial charge in [-0.05, 0) is 0 Å². The molecule has 6 heterocycles. The minimum Gasteiger partial charge on any atom is -0.463 e. The largest absolute Gasteiger partial charge is 0.810 e. The maximum atomic E-state index is 6.96. The number of fused-ring (bicyclic) bond motifs is 14. The molecule has 0 saturated heterocycles. The number of hydrogen-bond donors (Lipinski definition) is 0. The SMILES string of the molecule is COCC[O][Al]1[n]2c3c4ccccc4c2N=C2N=C(N=c4c5ccccc5c([n]41)=NC1=NC(=N3)c3ccccc31)c1ccccc12. The van der Waals surface area contributed by atoms with Crippen LogP contribution in [0.15, 0.2) is 127 Å². The molecule has 0 radical (unpaired) electrons. The Morgan fingerprint density at radius 1 is 0.478 bits per heavy atom. The second kappa shape index (κ2) is 9.84. The van der Waals surface area contributed by atoms with Gasteiger partial charge in [0.1, 0.15) is 22.6 Å². The summed E-state index contributed by atoms with van der Waals surface area (Å²) in [5.41, 5.74) is 5.18. The van der Waals surface area contributed by atoms with Gasteiger partial charge in [0.05, 0.1) is 6.61 Å². The Hall–Kier alpha value is -5.31. The zero-order valence-corrected chi connectivity index (χ0v) is 25.8. The van der Waals surface area contributed by atoms with E-state index in [9.17, 15) is 0 Å². The van der Waals surface area contributed by atoms with E-state index in [1.54, 1.807) is 7.11 Å². The van der Waals surface area contributed by atoms with Gasteiger partial charge in [-0.2, -0.15) is 0 Å². The van der Waals surface area contributed by atoms with E-state index < -0.39 is 14.9 Å². The highest BCUT2D eigenvalue weighted by Crippen LogP contribution is 2.41. The highest BCUT2D eigenvalue weighted by molar-refractivity contribution is 6.51. The summed E-state index contributed by atoms with van der Waals surface area (Å²) in [6, 6.07) is 32.7. The van der Waals surface area contributed by atoms with Crippen LogP contribution in [-0.2, 0) is 8.53 Å². The van der Waals surface area contributed by atoms with E-state index in [2.05, 4.69) is 55.6 Å². The third-order valence-corrected chi connectivity index (χ3v) is 11.2. The lowest BCUT2D eigenvalue weighted by atomic mass is 10.1. The van der Waals surface area contributed by atoms with Gasteiger partial charge in [0.15, 0.2) is 23.3 Å². The molecule has 11 heteroatoms. The van der Waals surface area contributed by atoms with E-state index in [1.807, 2.05) is 48.5 Å². The molecule has 4 aromatic carbocycles. The van der Waals surface area contributed by atoms with Crippen LogP contribution < -0.4 is 11.0 Å². The number of amidine groups is 4. The second-order valence-electron chi connectivity index (χ2n) is 11.4. The number of nitrogens with zero attached hydrogens (tertiary/aromatic N) is 8. The van der Waals surface area contributed by atoms with Crippen molar-refractivity contribution in [3.8, 4) is 0 Å². The maximum Gasteiger partial charge on any atom is 0.810 e. The predicted molar refractivity (Wildman–Crippen MR) is 179 cm³/mol. The van der Waals surface area contributed by atoms with Crippen LogP contribution in [0.2, 0.25) is 0 Å². The van der Waals surface area contributed by atoms with Gasteiger partial charge in [-0.15, -0.1) is 0 Å². The van der Waals surface area contributed by atoms with Crippen LogP contribution in [0, 0.1) is 0 Å². The van der Waals surface area contributed by atoms with Gasteiger partial charge in [0, 0.05) is 57.5 Å². The monoisotopic (exact) mass is 614 g/mol. The molecule has 218 valence electrons. The average molecular weight is 615 g/mol. The molecule has 6 bridgehead atoms. The van der Waals surface area contributed by atoms with Crippen molar-refractivity contribution in [2.45, 2.75) is 0 Å². The third-order valence-electron chi connectivity index (χ3n) is 8.82. The highest BCUT2D eigenvalue weighted by Gasteiger charge is 2.42. The molecule has 0 amide bonds. The van der Waals surface area contributed by atoms with Crippen molar-refractivity contribution in [3.05, 3.63) is 130 Å². The molecule has 0 spiro atoms. The minimum atomic E-state index is -2.83. The predicted octanol–water partition coefficient (Wildman–Crippen LogP) is 4.58. The minimum absolute atomic E-state index is 0.365. The Morgan fingerprint density at radius 2 is 0.891 bits per heavy atom. The molecule has 0 fully saturated rings. The molecule has 2 aromatic heterocycles. The number of aliphatic imine (C=N–C) groups is 4. The van der Waals surface area contributed by atoms with Crippen LogP contribution in [-0.4, -0.2) is 65.7 Å². The fourth-order valence-corrected chi connectivity index (χ4v) is 9.23. The lowest BCUT2D eigenvalue weighted by molar-refractivity contribution is 0.142. The van der Waals surface area contributed by atoms with Gasteiger partial charge in [-0.3, -0.25) is 0 Å². The Labute approximate surface area is 266 Å². The zero-order chi connectivity index (χ0) is 30.4. The summed E-state index contributed by atoms with van der Waals surface area (Å²) in [6.07, 6.45) is 0. The van der Waals surface area contributed by atoms with Gasteiger partial charge >= 0.3 is 14.9 Å². The number of aromatic nitrogens is 2. The van der Waals surface area contributed by atoms with E-state index >= 15 is 0 Å². The smallest absolute Gasteiger partial charge is 0.463 e. The average Bonchev–Trinajstić information content (AvgIpc) is 3.80. The molecular formula is C35H23AlN8O2. The third kappa shape index (κ3) is 3.59. The number of benzene rings is 4. The molecule has 0 aliphatic carbocycles. The molecular weight excluding hydrogens is 591 g/mol. The first-order valence-corrected chi connectivity index (χ1v) is 16.6. The molecule has 0 unspecified atom stereocenters. The van der Waals surface area contributed by atoms with Crippen LogP contribution in [0.3, 0.4) is 0 Å². The lowest BCUT2D eigenvalue weighted by Crippen LogP contribution is -2.49. The van der Waals surface area contributed by atoms with Gasteiger partial charge in [0.2, 0.25) is 0 Å². The fraction of sp³-hybridized carbons (Fsp3) is 0.0857. The number of methoxy groups -OCH3 is 1. The molecule has 4 aliphatic heterocycles. The van der Waals surface area contributed by atoms with Crippen molar-refractivity contribution in [2.24, 2.45) is 30.0 Å². The number of hydrogen-bond acceptors (Lipinski definition) is 8. The van der Waals surface area contributed by atoms with Gasteiger partial charge in [0.25, 0.3) is 0 Å². The molecule has 0 saturated carbocycles. The Kier molecular flexibility index (Phi) is 5.56. The van der Waals surface area contributed by atoms with Gasteiger partial charge in [-0.25, -0.2) is 30.0 Å². The molecule has 4 aliphatic rings. The maximum absolute atomic E-state index is 6.96. The summed E-state index contributed by atoms with van der Waals surface area (Å²) < 4.78 is 16.8. The summed E-state index contributed by atoms with van der Waals surface area (Å²) in [5, 5.41) is 3.80. The summed E-state index contributed by atoms with van der Waals surface area (Å²) in [6.45, 7) is 0.789. The normalized spacial score (nSPS) is 15.4. The van der Waals surface area contributed by atoms with Crippen molar-refractivity contribution in [1.29, 1.82) is 0 Å². The molecule has 0 N–H and O–H groups in total. The summed E-state index contributed by atoms with van der Waals surface area (Å²) in [5.74, 6) is 3.88. The first kappa shape index (κ1) is 26.0. The number of ether oxygens (including phenoxy) is 1. The van der Waals surface area contributed by atoms with Crippen molar-refractivity contribution in [3.63, 3.8) is 0 Å². The van der Waals surface area contributed by atoms with Crippen molar-refractivity contribution in [2.75, 3.05) is 20.3 Å². The Morgan fingerprint density at radius 3 is 1.35 bits per heavy atom. The first-order valence-electron chi connectivity index (χ1n) is 15.1. The molecule has 46 heavy (non-hydrogen) atoms. The fourth-order valence-electron chi connectivity index (χ4n) is 6.77. The van der Waals surface area contributed by atoms with Crippen molar-refractivity contribution < 1.29 is 8.53 Å². The topological polar surface area (TPSA) is 102 Å². The van der Waals surface area contributed by atoms with Gasteiger partial charge < -0.3 is 15.6 Å². The van der Waals surface area contributed by atoms with Gasteiger partial charge in [-0.1, -0.05) is 97.1 Å². The van der Waals surface area contributed by atoms with E-state index in [0.29, 0.717) is 36.6 Å². The van der Waals surface area contributed by atoms with Crippen LogP contribution in [0.25, 0.3) is 21.5 Å². The zero-order valence-electron chi connectivity index (χ0n) is 24.6.